The zero-order valence-corrected chi connectivity index (χ0v) is 12.6. The number of benzene rings is 3. The average molecular weight is 321 g/mol. The molecule has 1 N–H and O–H groups in total. The standard InChI is InChI=1S/C20H13F2NO/c21-17-8-4-13(5-9-17)19(23)15-2-1-3-16(12-15)20(24)14-6-10-18(22)11-7-14/h1-12,23H. The van der Waals surface area contributed by atoms with Crippen LogP contribution in [0.15, 0.2) is 72.8 Å². The number of hydrogen-bond donors (Lipinski definition) is 1. The van der Waals surface area contributed by atoms with Crippen LogP contribution in [0.1, 0.15) is 27.0 Å². The normalized spacial score (nSPS) is 10.4. The monoisotopic (exact) mass is 321 g/mol. The van der Waals surface area contributed by atoms with Crippen LogP contribution in [0.2, 0.25) is 0 Å². The molecule has 0 amide bonds. The van der Waals surface area contributed by atoms with Gasteiger partial charge < -0.3 is 0 Å². The molecule has 24 heavy (non-hydrogen) atoms. The van der Waals surface area contributed by atoms with Crippen molar-refractivity contribution >= 4 is 11.5 Å². The van der Waals surface area contributed by atoms with Crippen molar-refractivity contribution in [3.05, 3.63) is 107 Å². The highest BCUT2D eigenvalue weighted by Gasteiger charge is 2.12. The van der Waals surface area contributed by atoms with Crippen LogP contribution in [-0.4, -0.2) is 11.5 Å². The molecule has 118 valence electrons. The molecule has 0 radical (unpaired) electrons. The third kappa shape index (κ3) is 3.27. The fraction of sp³-hybridized carbons (Fsp3) is 0. The lowest BCUT2D eigenvalue weighted by atomic mass is 9.97. The Morgan fingerprint density at radius 3 is 1.75 bits per heavy atom. The Balaban J connectivity index is 1.91. The number of carbonyl (C=O) groups excluding carboxylic acids is 1. The summed E-state index contributed by atoms with van der Waals surface area (Å²) in [6, 6.07) is 17.6. The van der Waals surface area contributed by atoms with E-state index in [4.69, 9.17) is 5.41 Å². The first-order valence-electron chi connectivity index (χ1n) is 7.30. The van der Waals surface area contributed by atoms with Crippen LogP contribution in [0, 0.1) is 17.0 Å². The van der Waals surface area contributed by atoms with Gasteiger partial charge in [-0.1, -0.05) is 18.2 Å². The summed E-state index contributed by atoms with van der Waals surface area (Å²) < 4.78 is 26.0. The van der Waals surface area contributed by atoms with Crippen LogP contribution < -0.4 is 0 Å². The number of nitrogens with one attached hydrogen (secondary N) is 1. The van der Waals surface area contributed by atoms with Gasteiger partial charge in [0.25, 0.3) is 0 Å². The summed E-state index contributed by atoms with van der Waals surface area (Å²) in [5.41, 5.74) is 2.09. The van der Waals surface area contributed by atoms with Gasteiger partial charge in [0.1, 0.15) is 11.6 Å². The van der Waals surface area contributed by atoms with E-state index in [1.54, 1.807) is 24.3 Å². The molecule has 0 bridgehead atoms. The van der Waals surface area contributed by atoms with E-state index in [0.717, 1.165) is 0 Å². The van der Waals surface area contributed by atoms with E-state index in [1.165, 1.54) is 48.5 Å². The summed E-state index contributed by atoms with van der Waals surface area (Å²) >= 11 is 0. The summed E-state index contributed by atoms with van der Waals surface area (Å²) in [7, 11) is 0. The van der Waals surface area contributed by atoms with Crippen LogP contribution in [0.3, 0.4) is 0 Å². The van der Waals surface area contributed by atoms with Gasteiger partial charge in [0.15, 0.2) is 5.78 Å². The molecule has 2 nitrogen and oxygen atoms in total. The third-order valence-electron chi connectivity index (χ3n) is 3.65. The van der Waals surface area contributed by atoms with Crippen molar-refractivity contribution in [3.63, 3.8) is 0 Å². The lowest BCUT2D eigenvalue weighted by molar-refractivity contribution is 0.103. The fourth-order valence-electron chi connectivity index (χ4n) is 2.37. The van der Waals surface area contributed by atoms with E-state index >= 15 is 0 Å². The average Bonchev–Trinajstić information content (AvgIpc) is 2.62. The summed E-state index contributed by atoms with van der Waals surface area (Å²) in [5, 5.41) is 8.23. The van der Waals surface area contributed by atoms with Gasteiger partial charge in [0.2, 0.25) is 0 Å². The Bertz CT molecular complexity index is 827. The third-order valence-corrected chi connectivity index (χ3v) is 3.65. The van der Waals surface area contributed by atoms with Crippen LogP contribution in [0.5, 0.6) is 0 Å². The number of hydrogen-bond acceptors (Lipinski definition) is 2. The van der Waals surface area contributed by atoms with E-state index in [2.05, 4.69) is 0 Å². The molecule has 0 unspecified atom stereocenters. The molecule has 0 saturated heterocycles. The van der Waals surface area contributed by atoms with Gasteiger partial charge in [-0.2, -0.15) is 0 Å². The molecule has 0 aliphatic heterocycles. The second-order valence-corrected chi connectivity index (χ2v) is 5.30. The van der Waals surface area contributed by atoms with E-state index in [9.17, 15) is 13.6 Å². The van der Waals surface area contributed by atoms with Gasteiger partial charge in [-0.05, 0) is 54.6 Å². The first-order valence-corrected chi connectivity index (χ1v) is 7.30. The second-order valence-electron chi connectivity index (χ2n) is 5.30. The van der Waals surface area contributed by atoms with Gasteiger partial charge in [-0.25, -0.2) is 8.78 Å². The van der Waals surface area contributed by atoms with Crippen LogP contribution in [0.25, 0.3) is 0 Å². The van der Waals surface area contributed by atoms with E-state index in [0.29, 0.717) is 22.3 Å². The van der Waals surface area contributed by atoms with Gasteiger partial charge in [0, 0.05) is 22.3 Å². The van der Waals surface area contributed by atoms with Crippen LogP contribution in [0.4, 0.5) is 8.78 Å². The molecule has 4 heteroatoms. The molecule has 0 aliphatic carbocycles. The molecule has 3 aromatic rings. The highest BCUT2D eigenvalue weighted by molar-refractivity contribution is 6.14. The molecular formula is C20H13F2NO. The first kappa shape index (κ1) is 15.7. The summed E-state index contributed by atoms with van der Waals surface area (Å²) in [6.45, 7) is 0. The highest BCUT2D eigenvalue weighted by Crippen LogP contribution is 2.16. The molecule has 0 heterocycles. The zero-order valence-electron chi connectivity index (χ0n) is 12.6. The molecule has 3 rings (SSSR count). The van der Waals surface area contributed by atoms with Gasteiger partial charge in [-0.3, -0.25) is 10.2 Å². The highest BCUT2D eigenvalue weighted by atomic mass is 19.1. The molecule has 0 aromatic heterocycles. The van der Waals surface area contributed by atoms with Crippen molar-refractivity contribution in [1.82, 2.24) is 0 Å². The molecule has 3 aromatic carbocycles. The predicted molar refractivity (Wildman–Crippen MR) is 88.6 cm³/mol. The Labute approximate surface area is 137 Å². The van der Waals surface area contributed by atoms with Crippen molar-refractivity contribution in [2.24, 2.45) is 0 Å². The maximum atomic E-state index is 13.0. The van der Waals surface area contributed by atoms with E-state index in [-0.39, 0.29) is 17.3 Å². The number of carbonyl (C=O) groups is 1. The number of rotatable bonds is 4. The van der Waals surface area contributed by atoms with Crippen LogP contribution >= 0.6 is 0 Å². The number of ketones is 1. The van der Waals surface area contributed by atoms with Gasteiger partial charge in [0.05, 0.1) is 5.71 Å². The largest absolute Gasteiger partial charge is 0.300 e. The molecule has 0 saturated carbocycles. The van der Waals surface area contributed by atoms with Crippen molar-refractivity contribution < 1.29 is 13.6 Å². The Kier molecular flexibility index (Phi) is 4.29. The van der Waals surface area contributed by atoms with E-state index in [1.807, 2.05) is 0 Å². The molecule has 0 spiro atoms. The Hall–Kier alpha value is -3.14. The molecule has 0 aliphatic rings. The second kappa shape index (κ2) is 6.54. The summed E-state index contributed by atoms with van der Waals surface area (Å²) in [4.78, 5) is 12.5. The van der Waals surface area contributed by atoms with Gasteiger partial charge >= 0.3 is 0 Å². The van der Waals surface area contributed by atoms with Crippen molar-refractivity contribution in [1.29, 1.82) is 5.41 Å². The first-order chi connectivity index (χ1) is 11.5. The number of halogens is 2. The molecule has 0 fully saturated rings. The lowest BCUT2D eigenvalue weighted by Crippen LogP contribution is -2.06. The minimum Gasteiger partial charge on any atom is -0.300 e. The molecule has 0 atom stereocenters. The van der Waals surface area contributed by atoms with Crippen LogP contribution in [-0.2, 0) is 0 Å². The Morgan fingerprint density at radius 1 is 0.667 bits per heavy atom. The smallest absolute Gasteiger partial charge is 0.193 e. The van der Waals surface area contributed by atoms with Crippen molar-refractivity contribution in [3.8, 4) is 0 Å². The Morgan fingerprint density at radius 2 is 1.17 bits per heavy atom. The minimum absolute atomic E-state index is 0.198. The van der Waals surface area contributed by atoms with E-state index < -0.39 is 5.82 Å². The topological polar surface area (TPSA) is 40.9 Å². The lowest BCUT2D eigenvalue weighted by Gasteiger charge is -2.07. The maximum absolute atomic E-state index is 13.0. The quantitative estimate of drug-likeness (QED) is 0.553. The minimum atomic E-state index is -0.404. The van der Waals surface area contributed by atoms with Gasteiger partial charge in [-0.15, -0.1) is 0 Å². The molecular weight excluding hydrogens is 308 g/mol. The zero-order chi connectivity index (χ0) is 17.1. The summed E-state index contributed by atoms with van der Waals surface area (Å²) in [5.74, 6) is -1.02. The van der Waals surface area contributed by atoms with Crippen molar-refractivity contribution in [2.75, 3.05) is 0 Å². The van der Waals surface area contributed by atoms with Crippen molar-refractivity contribution in [2.45, 2.75) is 0 Å². The summed E-state index contributed by atoms with van der Waals surface area (Å²) in [6.07, 6.45) is 0. The SMILES string of the molecule is N=C(c1ccc(F)cc1)c1cccc(C(=O)c2ccc(F)cc2)c1. The maximum Gasteiger partial charge on any atom is 0.193 e. The predicted octanol–water partition coefficient (Wildman–Crippen LogP) is 4.61. The fourth-order valence-corrected chi connectivity index (χ4v) is 2.37.